The maximum atomic E-state index is 13.0. The number of alkyl carbamates (subject to hydrolysis) is 1. The predicted octanol–water partition coefficient (Wildman–Crippen LogP) is 4.02. The van der Waals surface area contributed by atoms with E-state index in [-0.39, 0.29) is 25.0 Å². The Morgan fingerprint density at radius 1 is 1.12 bits per heavy atom. The molecule has 0 radical (unpaired) electrons. The summed E-state index contributed by atoms with van der Waals surface area (Å²) < 4.78 is 5.59. The molecule has 174 valence electrons. The van der Waals surface area contributed by atoms with Gasteiger partial charge in [0.25, 0.3) is 0 Å². The number of benzene rings is 2. The molecular weight excluding hydrogens is 420 g/mol. The van der Waals surface area contributed by atoms with Gasteiger partial charge in [0.1, 0.15) is 12.6 Å². The fourth-order valence-electron chi connectivity index (χ4n) is 4.87. The lowest BCUT2D eigenvalue weighted by Gasteiger charge is -2.25. The second-order valence-electron chi connectivity index (χ2n) is 9.19. The van der Waals surface area contributed by atoms with Crippen LogP contribution >= 0.6 is 0 Å². The highest BCUT2D eigenvalue weighted by Crippen LogP contribution is 2.44. The third-order valence-corrected chi connectivity index (χ3v) is 6.81. The molecule has 2 aliphatic rings. The van der Waals surface area contributed by atoms with Crippen molar-refractivity contribution in [1.82, 2.24) is 10.2 Å². The Balaban J connectivity index is 1.40. The van der Waals surface area contributed by atoms with Crippen LogP contribution in [-0.4, -0.2) is 53.7 Å². The summed E-state index contributed by atoms with van der Waals surface area (Å²) in [5.74, 6) is -1.22. The van der Waals surface area contributed by atoms with Crippen molar-refractivity contribution >= 4 is 18.0 Å². The van der Waals surface area contributed by atoms with Crippen LogP contribution in [0.1, 0.15) is 50.2 Å². The minimum atomic E-state index is -0.948. The summed E-state index contributed by atoms with van der Waals surface area (Å²) >= 11 is 0. The predicted molar refractivity (Wildman–Crippen MR) is 124 cm³/mol. The molecule has 4 rings (SSSR count). The SMILES string of the molecule is CCCC(NC(=O)OCC1c2ccccc2-c2ccccc21)C(=O)N1CCC(C)(C(=O)O)C1. The lowest BCUT2D eigenvalue weighted by atomic mass is 9.90. The van der Waals surface area contributed by atoms with Crippen LogP contribution in [-0.2, 0) is 14.3 Å². The van der Waals surface area contributed by atoms with E-state index in [9.17, 15) is 19.5 Å². The minimum absolute atomic E-state index is 0.0571. The smallest absolute Gasteiger partial charge is 0.407 e. The fraction of sp³-hybridized carbons (Fsp3) is 0.423. The molecule has 2 aromatic rings. The Morgan fingerprint density at radius 2 is 1.73 bits per heavy atom. The minimum Gasteiger partial charge on any atom is -0.481 e. The van der Waals surface area contributed by atoms with Gasteiger partial charge in [0.2, 0.25) is 5.91 Å². The summed E-state index contributed by atoms with van der Waals surface area (Å²) in [4.78, 5) is 38.8. The third-order valence-electron chi connectivity index (χ3n) is 6.81. The molecule has 0 saturated carbocycles. The van der Waals surface area contributed by atoms with Gasteiger partial charge < -0.3 is 20.1 Å². The first-order chi connectivity index (χ1) is 15.8. The second-order valence-corrected chi connectivity index (χ2v) is 9.19. The zero-order valence-electron chi connectivity index (χ0n) is 19.0. The van der Waals surface area contributed by atoms with Gasteiger partial charge in [0.05, 0.1) is 5.41 Å². The second kappa shape index (κ2) is 9.25. The molecular formula is C26H30N2O5. The molecule has 0 aromatic heterocycles. The number of nitrogens with zero attached hydrogens (tertiary/aromatic N) is 1. The summed E-state index contributed by atoms with van der Waals surface area (Å²) in [6.07, 6.45) is 0.925. The van der Waals surface area contributed by atoms with Crippen molar-refractivity contribution < 1.29 is 24.2 Å². The van der Waals surface area contributed by atoms with E-state index in [1.54, 1.807) is 6.92 Å². The molecule has 2 unspecified atom stereocenters. The maximum absolute atomic E-state index is 13.0. The molecule has 1 heterocycles. The fourth-order valence-corrected chi connectivity index (χ4v) is 4.87. The summed E-state index contributed by atoms with van der Waals surface area (Å²) in [7, 11) is 0. The van der Waals surface area contributed by atoms with Crippen LogP contribution in [0.2, 0.25) is 0 Å². The first kappa shape index (κ1) is 22.8. The van der Waals surface area contributed by atoms with E-state index in [0.29, 0.717) is 25.8 Å². The summed E-state index contributed by atoms with van der Waals surface area (Å²) in [5.41, 5.74) is 3.60. The number of rotatable bonds is 7. The number of carboxylic acid groups (broad SMARTS) is 1. The van der Waals surface area contributed by atoms with Crippen molar-refractivity contribution in [2.75, 3.05) is 19.7 Å². The van der Waals surface area contributed by atoms with Crippen LogP contribution in [0, 0.1) is 5.41 Å². The van der Waals surface area contributed by atoms with Crippen molar-refractivity contribution in [1.29, 1.82) is 0 Å². The number of nitrogens with one attached hydrogen (secondary N) is 1. The lowest BCUT2D eigenvalue weighted by molar-refractivity contribution is -0.147. The topological polar surface area (TPSA) is 95.9 Å². The largest absolute Gasteiger partial charge is 0.481 e. The van der Waals surface area contributed by atoms with Crippen LogP contribution in [0.3, 0.4) is 0 Å². The molecule has 7 heteroatoms. The van der Waals surface area contributed by atoms with E-state index in [4.69, 9.17) is 4.74 Å². The van der Waals surface area contributed by atoms with Gasteiger partial charge in [-0.25, -0.2) is 4.79 Å². The van der Waals surface area contributed by atoms with E-state index in [1.807, 2.05) is 31.2 Å². The molecule has 1 aliphatic heterocycles. The highest BCUT2D eigenvalue weighted by atomic mass is 16.5. The number of aliphatic carboxylic acids is 1. The van der Waals surface area contributed by atoms with Gasteiger partial charge in [-0.05, 0) is 42.0 Å². The summed E-state index contributed by atoms with van der Waals surface area (Å²) in [6.45, 7) is 4.27. The number of carboxylic acids is 1. The van der Waals surface area contributed by atoms with E-state index < -0.39 is 23.5 Å². The van der Waals surface area contributed by atoms with Crippen LogP contribution in [0.15, 0.2) is 48.5 Å². The van der Waals surface area contributed by atoms with Gasteiger partial charge in [0.15, 0.2) is 0 Å². The van der Waals surface area contributed by atoms with Crippen LogP contribution in [0.5, 0.6) is 0 Å². The molecule has 1 saturated heterocycles. The standard InChI is InChI=1S/C26H30N2O5/c1-3-8-22(23(29)28-14-13-26(2,16-28)24(30)31)27-25(32)33-15-21-19-11-6-4-9-17(19)18-10-5-7-12-20(18)21/h4-7,9-12,21-22H,3,8,13-16H2,1-2H3,(H,27,32)(H,30,31). The Labute approximate surface area is 193 Å². The molecule has 7 nitrogen and oxygen atoms in total. The van der Waals surface area contributed by atoms with Crippen LogP contribution in [0.25, 0.3) is 11.1 Å². The maximum Gasteiger partial charge on any atom is 0.407 e. The monoisotopic (exact) mass is 450 g/mol. The number of likely N-dealkylation sites (tertiary alicyclic amines) is 1. The van der Waals surface area contributed by atoms with Gasteiger partial charge in [-0.15, -0.1) is 0 Å². The first-order valence-electron chi connectivity index (χ1n) is 11.5. The van der Waals surface area contributed by atoms with Crippen molar-refractivity contribution in [3.63, 3.8) is 0 Å². The molecule has 0 bridgehead atoms. The number of fused-ring (bicyclic) bond motifs is 3. The number of hydrogen-bond donors (Lipinski definition) is 2. The van der Waals surface area contributed by atoms with Gasteiger partial charge >= 0.3 is 12.1 Å². The zero-order valence-corrected chi connectivity index (χ0v) is 19.0. The van der Waals surface area contributed by atoms with Crippen molar-refractivity contribution in [3.05, 3.63) is 59.7 Å². The molecule has 2 N–H and O–H groups in total. The highest BCUT2D eigenvalue weighted by molar-refractivity contribution is 5.87. The first-order valence-corrected chi connectivity index (χ1v) is 11.5. The summed E-state index contributed by atoms with van der Waals surface area (Å²) in [5, 5.41) is 12.2. The van der Waals surface area contributed by atoms with E-state index in [2.05, 4.69) is 29.6 Å². The van der Waals surface area contributed by atoms with Crippen LogP contribution < -0.4 is 5.32 Å². The molecule has 1 fully saturated rings. The highest BCUT2D eigenvalue weighted by Gasteiger charge is 2.43. The van der Waals surface area contributed by atoms with Crippen molar-refractivity contribution in [2.24, 2.45) is 5.41 Å². The van der Waals surface area contributed by atoms with E-state index >= 15 is 0 Å². The van der Waals surface area contributed by atoms with E-state index in [0.717, 1.165) is 22.3 Å². The number of hydrogen-bond acceptors (Lipinski definition) is 4. The molecule has 0 spiro atoms. The van der Waals surface area contributed by atoms with Gasteiger partial charge in [0, 0.05) is 19.0 Å². The molecule has 2 atom stereocenters. The van der Waals surface area contributed by atoms with Gasteiger partial charge in [-0.1, -0.05) is 61.9 Å². The lowest BCUT2D eigenvalue weighted by Crippen LogP contribution is -2.49. The number of carbonyl (C=O) groups is 3. The Hall–Kier alpha value is -3.35. The number of carbonyl (C=O) groups excluding carboxylic acids is 2. The zero-order chi connectivity index (χ0) is 23.6. The normalized spacial score (nSPS) is 20.1. The number of ether oxygens (including phenoxy) is 1. The van der Waals surface area contributed by atoms with Crippen molar-refractivity contribution in [2.45, 2.75) is 45.1 Å². The van der Waals surface area contributed by atoms with Crippen molar-refractivity contribution in [3.8, 4) is 11.1 Å². The van der Waals surface area contributed by atoms with Gasteiger partial charge in [-0.3, -0.25) is 9.59 Å². The summed E-state index contributed by atoms with van der Waals surface area (Å²) in [6, 6.07) is 15.5. The Morgan fingerprint density at radius 3 is 2.27 bits per heavy atom. The molecule has 2 amide bonds. The van der Waals surface area contributed by atoms with E-state index in [1.165, 1.54) is 4.90 Å². The van der Waals surface area contributed by atoms with Gasteiger partial charge in [-0.2, -0.15) is 0 Å². The quantitative estimate of drug-likeness (QED) is 0.664. The number of amides is 2. The molecule has 1 aliphatic carbocycles. The van der Waals surface area contributed by atoms with Crippen LogP contribution in [0.4, 0.5) is 4.79 Å². The molecule has 33 heavy (non-hydrogen) atoms. The average Bonchev–Trinajstić information content (AvgIpc) is 3.36. The Bertz CT molecular complexity index is 1020. The average molecular weight is 451 g/mol. The third kappa shape index (κ3) is 4.45. The Kier molecular flexibility index (Phi) is 6.40. The molecule has 2 aromatic carbocycles.